The van der Waals surface area contributed by atoms with Crippen molar-refractivity contribution in [1.82, 2.24) is 10.2 Å². The molecule has 27 heavy (non-hydrogen) atoms. The zero-order valence-electron chi connectivity index (χ0n) is 16.5. The lowest BCUT2D eigenvalue weighted by Gasteiger charge is -2.31. The van der Waals surface area contributed by atoms with Crippen LogP contribution in [0.4, 0.5) is 0 Å². The van der Waals surface area contributed by atoms with E-state index in [9.17, 15) is 9.59 Å². The number of nitrogens with one attached hydrogen (secondary N) is 1. The normalized spacial score (nSPS) is 18.6. The van der Waals surface area contributed by atoms with Gasteiger partial charge in [0.15, 0.2) is 0 Å². The monoisotopic (exact) mass is 384 g/mol. The van der Waals surface area contributed by atoms with E-state index < -0.39 is 0 Å². The van der Waals surface area contributed by atoms with Crippen molar-refractivity contribution in [2.75, 3.05) is 6.54 Å². The lowest BCUT2D eigenvalue weighted by atomic mass is 9.85. The van der Waals surface area contributed by atoms with Gasteiger partial charge in [-0.15, -0.1) is 11.3 Å². The number of carbonyl (C=O) groups is 2. The SMILES string of the molecule is Cc1ccc(CN2CC(C(=O)NC(c3cccs3)C(C)(C)C)CC2=O)cc1. The number of thiophene rings is 1. The van der Waals surface area contributed by atoms with E-state index in [-0.39, 0.29) is 29.2 Å². The van der Waals surface area contributed by atoms with Crippen LogP contribution in [-0.4, -0.2) is 23.3 Å². The number of amides is 2. The molecule has 1 aromatic carbocycles. The van der Waals surface area contributed by atoms with E-state index in [2.05, 4.69) is 44.3 Å². The standard InChI is InChI=1S/C22H28N2O2S/c1-15-7-9-16(10-8-15)13-24-14-17(12-19(24)25)21(26)23-20(22(2,3)4)18-6-5-11-27-18/h5-11,17,20H,12-14H2,1-4H3,(H,23,26). The molecule has 0 spiro atoms. The highest BCUT2D eigenvalue weighted by atomic mass is 32.1. The average Bonchev–Trinajstić information content (AvgIpc) is 3.24. The second kappa shape index (κ2) is 7.85. The molecule has 144 valence electrons. The topological polar surface area (TPSA) is 49.4 Å². The van der Waals surface area contributed by atoms with Crippen molar-refractivity contribution in [3.05, 3.63) is 57.8 Å². The molecule has 0 aliphatic carbocycles. The van der Waals surface area contributed by atoms with Crippen LogP contribution in [0.15, 0.2) is 41.8 Å². The van der Waals surface area contributed by atoms with Gasteiger partial charge >= 0.3 is 0 Å². The Labute approximate surface area is 165 Å². The van der Waals surface area contributed by atoms with Crippen molar-refractivity contribution in [2.24, 2.45) is 11.3 Å². The van der Waals surface area contributed by atoms with Crippen molar-refractivity contribution in [3.63, 3.8) is 0 Å². The van der Waals surface area contributed by atoms with Gasteiger partial charge in [0.1, 0.15) is 0 Å². The Kier molecular flexibility index (Phi) is 5.70. The minimum atomic E-state index is -0.284. The van der Waals surface area contributed by atoms with Gasteiger partial charge < -0.3 is 10.2 Å². The summed E-state index contributed by atoms with van der Waals surface area (Å²) in [5.41, 5.74) is 2.21. The molecule has 1 aromatic heterocycles. The molecule has 1 aliphatic heterocycles. The van der Waals surface area contributed by atoms with Gasteiger partial charge in [0.05, 0.1) is 12.0 Å². The third-order valence-corrected chi connectivity index (χ3v) is 6.00. The molecule has 0 saturated carbocycles. The molecule has 3 rings (SSSR count). The van der Waals surface area contributed by atoms with Crippen LogP contribution >= 0.6 is 11.3 Å². The van der Waals surface area contributed by atoms with Gasteiger partial charge in [0.25, 0.3) is 0 Å². The van der Waals surface area contributed by atoms with Crippen molar-refractivity contribution in [1.29, 1.82) is 0 Å². The van der Waals surface area contributed by atoms with Gasteiger partial charge in [-0.1, -0.05) is 56.7 Å². The third kappa shape index (κ3) is 4.78. The maximum absolute atomic E-state index is 12.9. The molecular formula is C22H28N2O2S. The minimum absolute atomic E-state index is 0.0249. The second-order valence-corrected chi connectivity index (χ2v) is 9.46. The fourth-order valence-electron chi connectivity index (χ4n) is 3.44. The van der Waals surface area contributed by atoms with Crippen LogP contribution in [0.1, 0.15) is 49.2 Å². The van der Waals surface area contributed by atoms with Gasteiger partial charge in [-0.3, -0.25) is 9.59 Å². The quantitative estimate of drug-likeness (QED) is 0.835. The van der Waals surface area contributed by atoms with Crippen molar-refractivity contribution < 1.29 is 9.59 Å². The summed E-state index contributed by atoms with van der Waals surface area (Å²) >= 11 is 1.65. The molecule has 1 saturated heterocycles. The Balaban J connectivity index is 1.65. The summed E-state index contributed by atoms with van der Waals surface area (Å²) in [6.07, 6.45) is 0.291. The molecule has 4 nitrogen and oxygen atoms in total. The first-order chi connectivity index (χ1) is 12.7. The summed E-state index contributed by atoms with van der Waals surface area (Å²) in [7, 11) is 0. The highest BCUT2D eigenvalue weighted by Crippen LogP contribution is 2.35. The predicted molar refractivity (Wildman–Crippen MR) is 109 cm³/mol. The van der Waals surface area contributed by atoms with E-state index in [1.807, 2.05) is 30.5 Å². The highest BCUT2D eigenvalue weighted by Gasteiger charge is 2.37. The Bertz CT molecular complexity index is 791. The number of carbonyl (C=O) groups excluding carboxylic acids is 2. The first-order valence-electron chi connectivity index (χ1n) is 9.41. The van der Waals surface area contributed by atoms with E-state index in [4.69, 9.17) is 0 Å². The van der Waals surface area contributed by atoms with E-state index in [1.165, 1.54) is 5.56 Å². The molecule has 2 aromatic rings. The zero-order chi connectivity index (χ0) is 19.6. The van der Waals surface area contributed by atoms with E-state index in [0.717, 1.165) is 10.4 Å². The summed E-state index contributed by atoms with van der Waals surface area (Å²) < 4.78 is 0. The van der Waals surface area contributed by atoms with Crippen LogP contribution in [0, 0.1) is 18.3 Å². The van der Waals surface area contributed by atoms with Gasteiger partial charge in [-0.05, 0) is 29.3 Å². The smallest absolute Gasteiger partial charge is 0.225 e. The van der Waals surface area contributed by atoms with Crippen LogP contribution in [0.25, 0.3) is 0 Å². The average molecular weight is 385 g/mol. The maximum Gasteiger partial charge on any atom is 0.225 e. The van der Waals surface area contributed by atoms with Gasteiger partial charge in [0, 0.05) is 24.4 Å². The molecule has 2 unspecified atom stereocenters. The fraction of sp³-hybridized carbons (Fsp3) is 0.455. The number of hydrogen-bond donors (Lipinski definition) is 1. The summed E-state index contributed by atoms with van der Waals surface area (Å²) in [6, 6.07) is 12.2. The number of aryl methyl sites for hydroxylation is 1. The van der Waals surface area contributed by atoms with Gasteiger partial charge in [-0.25, -0.2) is 0 Å². The number of benzene rings is 1. The Morgan fingerprint density at radius 1 is 1.26 bits per heavy atom. The summed E-state index contributed by atoms with van der Waals surface area (Å²) in [5, 5.41) is 5.24. The molecule has 2 atom stereocenters. The molecule has 2 amide bonds. The highest BCUT2D eigenvalue weighted by molar-refractivity contribution is 7.10. The fourth-order valence-corrected chi connectivity index (χ4v) is 4.46. The molecule has 0 radical (unpaired) electrons. The lowest BCUT2D eigenvalue weighted by Crippen LogP contribution is -2.40. The lowest BCUT2D eigenvalue weighted by molar-refractivity contribution is -0.129. The Morgan fingerprint density at radius 3 is 2.56 bits per heavy atom. The Morgan fingerprint density at radius 2 is 1.96 bits per heavy atom. The van der Waals surface area contributed by atoms with Crippen LogP contribution in [0.5, 0.6) is 0 Å². The second-order valence-electron chi connectivity index (χ2n) is 8.48. The summed E-state index contributed by atoms with van der Waals surface area (Å²) in [5.74, 6) is -0.255. The van der Waals surface area contributed by atoms with Crippen LogP contribution in [0.3, 0.4) is 0 Å². The van der Waals surface area contributed by atoms with Crippen molar-refractivity contribution in [3.8, 4) is 0 Å². The molecule has 1 N–H and O–H groups in total. The van der Waals surface area contributed by atoms with Crippen LogP contribution < -0.4 is 5.32 Å². The first kappa shape index (κ1) is 19.6. The van der Waals surface area contributed by atoms with Gasteiger partial charge in [-0.2, -0.15) is 0 Å². The minimum Gasteiger partial charge on any atom is -0.348 e. The molecule has 0 bridgehead atoms. The molecular weight excluding hydrogens is 356 g/mol. The summed E-state index contributed by atoms with van der Waals surface area (Å²) in [6.45, 7) is 9.48. The van der Waals surface area contributed by atoms with Crippen LogP contribution in [0.2, 0.25) is 0 Å². The van der Waals surface area contributed by atoms with Crippen molar-refractivity contribution >= 4 is 23.2 Å². The predicted octanol–water partition coefficient (Wildman–Crippen LogP) is 4.31. The van der Waals surface area contributed by atoms with E-state index >= 15 is 0 Å². The number of likely N-dealkylation sites (tertiary alicyclic amines) is 1. The molecule has 1 aliphatic rings. The summed E-state index contributed by atoms with van der Waals surface area (Å²) in [4.78, 5) is 28.3. The van der Waals surface area contributed by atoms with Crippen LogP contribution in [-0.2, 0) is 16.1 Å². The van der Waals surface area contributed by atoms with E-state index in [0.29, 0.717) is 19.5 Å². The Hall–Kier alpha value is -2.14. The zero-order valence-corrected chi connectivity index (χ0v) is 17.3. The molecule has 5 heteroatoms. The number of nitrogens with zero attached hydrogens (tertiary/aromatic N) is 1. The maximum atomic E-state index is 12.9. The molecule has 2 heterocycles. The first-order valence-corrected chi connectivity index (χ1v) is 10.3. The number of hydrogen-bond acceptors (Lipinski definition) is 3. The number of rotatable bonds is 5. The van der Waals surface area contributed by atoms with E-state index in [1.54, 1.807) is 16.2 Å². The van der Waals surface area contributed by atoms with Crippen molar-refractivity contribution in [2.45, 2.75) is 46.7 Å². The van der Waals surface area contributed by atoms with Gasteiger partial charge in [0.2, 0.25) is 11.8 Å². The third-order valence-electron chi connectivity index (χ3n) is 5.06. The largest absolute Gasteiger partial charge is 0.348 e. The molecule has 1 fully saturated rings.